The molecule has 1 rings (SSSR count). The Bertz CT molecular complexity index is 517. The molecule has 0 aromatic carbocycles. The zero-order valence-corrected chi connectivity index (χ0v) is 9.49. The van der Waals surface area contributed by atoms with E-state index in [-0.39, 0.29) is 17.8 Å². The van der Waals surface area contributed by atoms with Crippen LogP contribution in [-0.2, 0) is 22.4 Å². The van der Waals surface area contributed by atoms with Gasteiger partial charge in [0.25, 0.3) is 5.69 Å². The fraction of sp³-hybridized carbons (Fsp3) is 0.222. The molecule has 0 aliphatic carbocycles. The molecule has 0 bridgehead atoms. The Morgan fingerprint density at radius 2 is 1.79 bits per heavy atom. The number of nitrogens with one attached hydrogen (secondary N) is 2. The van der Waals surface area contributed by atoms with Crippen LogP contribution in [0.3, 0.4) is 0 Å². The van der Waals surface area contributed by atoms with E-state index in [1.807, 2.05) is 0 Å². The first-order valence-corrected chi connectivity index (χ1v) is 4.97. The van der Waals surface area contributed by atoms with E-state index in [1.54, 1.807) is 0 Å². The van der Waals surface area contributed by atoms with Gasteiger partial charge in [-0.25, -0.2) is 15.9 Å². The molecule has 1 aromatic rings. The molecule has 0 spiro atoms. The lowest BCUT2D eigenvalue weighted by molar-refractivity contribution is -0.385. The molecule has 0 fully saturated rings. The van der Waals surface area contributed by atoms with Gasteiger partial charge in [0.05, 0.1) is 23.5 Å². The molecule has 0 unspecified atom stereocenters. The van der Waals surface area contributed by atoms with Crippen molar-refractivity contribution >= 4 is 17.5 Å². The van der Waals surface area contributed by atoms with Crippen LogP contribution >= 0.6 is 0 Å². The first kappa shape index (κ1) is 14.5. The maximum Gasteiger partial charge on any atom is 0.291 e. The monoisotopic (exact) mass is 270 g/mol. The molecule has 0 aliphatic rings. The van der Waals surface area contributed by atoms with Crippen molar-refractivity contribution in [2.75, 3.05) is 0 Å². The molecule has 2 amide bonds. The van der Waals surface area contributed by atoms with E-state index in [2.05, 4.69) is 4.98 Å². The zero-order valence-electron chi connectivity index (χ0n) is 9.49. The summed E-state index contributed by atoms with van der Waals surface area (Å²) >= 11 is 0. The number of rotatable bonds is 5. The minimum atomic E-state index is -0.876. The Morgan fingerprint density at radius 3 is 2.32 bits per heavy atom. The highest BCUT2D eigenvalue weighted by Crippen LogP contribution is 2.17. The Hall–Kier alpha value is -2.59. The lowest BCUT2D eigenvalue weighted by Gasteiger charge is -2.04. The minimum absolute atomic E-state index is 0.137. The molecule has 1 heterocycles. The van der Waals surface area contributed by atoms with Gasteiger partial charge in [0.1, 0.15) is 5.69 Å². The molecule has 0 saturated carbocycles. The van der Waals surface area contributed by atoms with Gasteiger partial charge in [-0.2, -0.15) is 0 Å². The molecule has 0 aliphatic heterocycles. The largest absolute Gasteiger partial charge is 0.291 e. The van der Waals surface area contributed by atoms with Crippen molar-refractivity contribution in [1.29, 1.82) is 0 Å². The van der Waals surface area contributed by atoms with Crippen LogP contribution in [0.15, 0.2) is 12.1 Å². The maximum absolute atomic E-state index is 11.0. The van der Waals surface area contributed by atoms with E-state index < -0.39 is 28.8 Å². The van der Waals surface area contributed by atoms with Gasteiger partial charge in [0.15, 0.2) is 0 Å². The van der Waals surface area contributed by atoms with E-state index >= 15 is 0 Å². The van der Waals surface area contributed by atoms with Crippen molar-refractivity contribution in [3.8, 4) is 0 Å². The van der Waals surface area contributed by atoms with E-state index in [9.17, 15) is 19.7 Å². The van der Waals surface area contributed by atoms with Crippen LogP contribution in [0, 0.1) is 10.1 Å². The maximum atomic E-state index is 11.0. The summed E-state index contributed by atoms with van der Waals surface area (Å²) in [4.78, 5) is 35.7. The number of hydrogen-bond donors (Lipinski definition) is 4. The molecule has 4 N–H and O–H groups in total. The highest BCUT2D eigenvalue weighted by atomic mass is 16.6. The Balaban J connectivity index is 3.07. The van der Waals surface area contributed by atoms with Crippen molar-refractivity contribution in [2.24, 2.45) is 0 Å². The average molecular weight is 270 g/mol. The fourth-order valence-corrected chi connectivity index (χ4v) is 1.33. The highest BCUT2D eigenvalue weighted by Gasteiger charge is 2.19. The summed E-state index contributed by atoms with van der Waals surface area (Å²) in [6, 6.07) is 2.32. The van der Waals surface area contributed by atoms with Crippen molar-refractivity contribution in [3.63, 3.8) is 0 Å². The third kappa shape index (κ3) is 3.97. The zero-order chi connectivity index (χ0) is 14.4. The van der Waals surface area contributed by atoms with Crippen LogP contribution in [0.1, 0.15) is 11.4 Å². The van der Waals surface area contributed by atoms with Crippen molar-refractivity contribution < 1.29 is 24.9 Å². The van der Waals surface area contributed by atoms with Crippen LogP contribution in [0.2, 0.25) is 0 Å². The standard InChI is InChI=1S/C9H10N4O6/c14-8(11-16)3-5-1-2-7(13(18)19)6(10-5)4-9(15)12-17/h1-2,16-17H,3-4H2,(H,11,14)(H,12,15). The molecule has 10 heteroatoms. The number of aromatic nitrogens is 1. The second-order valence-corrected chi connectivity index (χ2v) is 3.45. The lowest BCUT2D eigenvalue weighted by Crippen LogP contribution is -2.23. The van der Waals surface area contributed by atoms with Gasteiger partial charge >= 0.3 is 0 Å². The second-order valence-electron chi connectivity index (χ2n) is 3.45. The van der Waals surface area contributed by atoms with Crippen LogP contribution in [0.4, 0.5) is 5.69 Å². The smallest absolute Gasteiger partial charge is 0.289 e. The van der Waals surface area contributed by atoms with Gasteiger partial charge in [0.2, 0.25) is 11.8 Å². The third-order valence-electron chi connectivity index (χ3n) is 2.12. The first-order valence-electron chi connectivity index (χ1n) is 4.97. The molecule has 102 valence electrons. The number of pyridine rings is 1. The summed E-state index contributed by atoms with van der Waals surface area (Å²) in [5, 5.41) is 27.5. The topological polar surface area (TPSA) is 155 Å². The Labute approximate surface area is 106 Å². The molecular weight excluding hydrogens is 260 g/mol. The molecular formula is C9H10N4O6. The second kappa shape index (κ2) is 6.37. The summed E-state index contributed by atoms with van der Waals surface area (Å²) in [7, 11) is 0. The van der Waals surface area contributed by atoms with Gasteiger partial charge < -0.3 is 0 Å². The average Bonchev–Trinajstić information content (AvgIpc) is 2.38. The van der Waals surface area contributed by atoms with E-state index in [4.69, 9.17) is 10.4 Å². The van der Waals surface area contributed by atoms with Gasteiger partial charge in [-0.15, -0.1) is 0 Å². The quantitative estimate of drug-likeness (QED) is 0.306. The summed E-state index contributed by atoms with van der Waals surface area (Å²) in [6.07, 6.45) is -0.816. The predicted octanol–water partition coefficient (Wildman–Crippen LogP) is -0.914. The lowest BCUT2D eigenvalue weighted by atomic mass is 10.2. The van der Waals surface area contributed by atoms with Gasteiger partial charge in [-0.05, 0) is 6.07 Å². The minimum Gasteiger partial charge on any atom is -0.289 e. The van der Waals surface area contributed by atoms with E-state index in [0.717, 1.165) is 6.07 Å². The summed E-state index contributed by atoms with van der Waals surface area (Å²) in [5.74, 6) is -1.63. The number of hydrogen-bond acceptors (Lipinski definition) is 7. The summed E-state index contributed by atoms with van der Waals surface area (Å²) in [5.41, 5.74) is 2.26. The number of amides is 2. The van der Waals surface area contributed by atoms with Crippen LogP contribution in [0.5, 0.6) is 0 Å². The highest BCUT2D eigenvalue weighted by molar-refractivity contribution is 5.78. The van der Waals surface area contributed by atoms with Crippen molar-refractivity contribution in [1.82, 2.24) is 15.9 Å². The first-order chi connectivity index (χ1) is 8.97. The van der Waals surface area contributed by atoms with Gasteiger partial charge in [-0.1, -0.05) is 0 Å². The predicted molar refractivity (Wildman–Crippen MR) is 58.2 cm³/mol. The molecule has 0 saturated heterocycles. The van der Waals surface area contributed by atoms with Crippen molar-refractivity contribution in [3.05, 3.63) is 33.6 Å². The van der Waals surface area contributed by atoms with Crippen molar-refractivity contribution in [2.45, 2.75) is 12.8 Å². The third-order valence-corrected chi connectivity index (χ3v) is 2.12. The Kier molecular flexibility index (Phi) is 4.85. The SMILES string of the molecule is O=C(Cc1ccc([N+](=O)[O-])c(CC(=O)NO)n1)NO. The molecule has 10 nitrogen and oxygen atoms in total. The number of nitro groups is 1. The van der Waals surface area contributed by atoms with Crippen LogP contribution < -0.4 is 11.0 Å². The molecule has 1 aromatic heterocycles. The van der Waals surface area contributed by atoms with E-state index in [0.29, 0.717) is 0 Å². The van der Waals surface area contributed by atoms with E-state index in [1.165, 1.54) is 17.0 Å². The number of carbonyl (C=O) groups excluding carboxylic acids is 2. The summed E-state index contributed by atoms with van der Waals surface area (Å²) < 4.78 is 0. The van der Waals surface area contributed by atoms with Gasteiger partial charge in [-0.3, -0.25) is 30.1 Å². The number of carbonyl (C=O) groups is 2. The van der Waals surface area contributed by atoms with Gasteiger partial charge in [0, 0.05) is 6.07 Å². The Morgan fingerprint density at radius 1 is 1.21 bits per heavy atom. The normalized spacial score (nSPS) is 9.79. The molecule has 0 radical (unpaired) electrons. The van der Waals surface area contributed by atoms with Crippen LogP contribution in [-0.4, -0.2) is 32.1 Å². The number of nitrogens with zero attached hydrogens (tertiary/aromatic N) is 2. The van der Waals surface area contributed by atoms with Crippen LogP contribution in [0.25, 0.3) is 0 Å². The fourth-order valence-electron chi connectivity index (χ4n) is 1.33. The summed E-state index contributed by atoms with van der Waals surface area (Å²) in [6.45, 7) is 0. The number of hydroxylamine groups is 2. The molecule has 0 atom stereocenters. The molecule has 19 heavy (non-hydrogen) atoms.